The summed E-state index contributed by atoms with van der Waals surface area (Å²) in [5.74, 6) is -0.750. The van der Waals surface area contributed by atoms with Gasteiger partial charge in [0.25, 0.3) is 0 Å². The lowest BCUT2D eigenvalue weighted by molar-refractivity contribution is -0.145. The third-order valence-corrected chi connectivity index (χ3v) is 6.49. The molecule has 204 valence electrons. The van der Waals surface area contributed by atoms with Gasteiger partial charge in [0.2, 0.25) is 17.7 Å². The number of rotatable bonds is 10. The van der Waals surface area contributed by atoms with Crippen LogP contribution in [0.4, 0.5) is 0 Å². The lowest BCUT2D eigenvalue weighted by Gasteiger charge is -2.31. The van der Waals surface area contributed by atoms with Crippen molar-refractivity contribution in [2.75, 3.05) is 26.2 Å². The molecule has 37 heavy (non-hydrogen) atoms. The maximum atomic E-state index is 13.3. The van der Waals surface area contributed by atoms with E-state index >= 15 is 0 Å². The minimum absolute atomic E-state index is 0. The van der Waals surface area contributed by atoms with Crippen molar-refractivity contribution in [1.82, 2.24) is 20.9 Å². The Labute approximate surface area is 226 Å². The Hall–Kier alpha value is -2.68. The van der Waals surface area contributed by atoms with E-state index in [0.29, 0.717) is 25.9 Å². The van der Waals surface area contributed by atoms with E-state index in [-0.39, 0.29) is 36.7 Å². The van der Waals surface area contributed by atoms with Gasteiger partial charge in [-0.05, 0) is 35.7 Å². The summed E-state index contributed by atoms with van der Waals surface area (Å²) in [6.07, 6.45) is 0.879. The van der Waals surface area contributed by atoms with E-state index < -0.39 is 23.6 Å². The number of aliphatic hydroxyl groups excluding tert-OH is 1. The summed E-state index contributed by atoms with van der Waals surface area (Å²) in [6, 6.07) is 12.5. The third-order valence-electron chi connectivity index (χ3n) is 6.49. The molecule has 1 saturated heterocycles. The fourth-order valence-electron chi connectivity index (χ4n) is 4.52. The highest BCUT2D eigenvalue weighted by atomic mass is 35.5. The SMILES string of the molecule is CCNCC(O)CNC(=O)[C@@H](Cc1ccc2ccccc2c1)NC(=O)C1CCCN1C(=O)C(C)(C)C.Cl. The van der Waals surface area contributed by atoms with Gasteiger partial charge in [-0.1, -0.05) is 70.2 Å². The zero-order valence-electron chi connectivity index (χ0n) is 22.3. The molecule has 0 radical (unpaired) electrons. The number of likely N-dealkylation sites (N-methyl/N-ethyl adjacent to an activating group) is 1. The number of fused-ring (bicyclic) bond motifs is 1. The normalized spacial score (nSPS) is 17.1. The van der Waals surface area contributed by atoms with Gasteiger partial charge in [-0.25, -0.2) is 0 Å². The largest absolute Gasteiger partial charge is 0.390 e. The predicted molar refractivity (Wildman–Crippen MR) is 149 cm³/mol. The second-order valence-electron chi connectivity index (χ2n) is 10.6. The van der Waals surface area contributed by atoms with Crippen molar-refractivity contribution in [3.8, 4) is 0 Å². The highest BCUT2D eigenvalue weighted by Gasteiger charge is 2.39. The maximum Gasteiger partial charge on any atom is 0.243 e. The Morgan fingerprint density at radius 3 is 2.46 bits per heavy atom. The minimum atomic E-state index is -0.836. The minimum Gasteiger partial charge on any atom is -0.390 e. The first kappa shape index (κ1) is 30.5. The van der Waals surface area contributed by atoms with Gasteiger partial charge in [0.15, 0.2) is 0 Å². The van der Waals surface area contributed by atoms with Gasteiger partial charge in [-0.2, -0.15) is 0 Å². The lowest BCUT2D eigenvalue weighted by Crippen LogP contribution is -2.55. The van der Waals surface area contributed by atoms with Crippen molar-refractivity contribution < 1.29 is 19.5 Å². The van der Waals surface area contributed by atoms with E-state index in [9.17, 15) is 19.5 Å². The van der Waals surface area contributed by atoms with Crippen LogP contribution in [-0.4, -0.2) is 72.1 Å². The van der Waals surface area contributed by atoms with Crippen molar-refractivity contribution in [3.63, 3.8) is 0 Å². The van der Waals surface area contributed by atoms with E-state index in [0.717, 1.165) is 29.3 Å². The van der Waals surface area contributed by atoms with Crippen molar-refractivity contribution in [1.29, 1.82) is 0 Å². The molecule has 0 spiro atoms. The Bertz CT molecular complexity index is 1070. The molecule has 4 N–H and O–H groups in total. The molecule has 3 atom stereocenters. The molecular formula is C28H41ClN4O4. The smallest absolute Gasteiger partial charge is 0.243 e. The molecule has 3 amide bonds. The average molecular weight is 533 g/mol. The van der Waals surface area contributed by atoms with Crippen LogP contribution in [0, 0.1) is 5.41 Å². The number of nitrogens with one attached hydrogen (secondary N) is 3. The summed E-state index contributed by atoms with van der Waals surface area (Å²) in [5.41, 5.74) is 0.323. The van der Waals surface area contributed by atoms with Gasteiger partial charge in [0.1, 0.15) is 12.1 Å². The topological polar surface area (TPSA) is 111 Å². The van der Waals surface area contributed by atoms with Crippen molar-refractivity contribution in [2.45, 2.75) is 65.1 Å². The van der Waals surface area contributed by atoms with Gasteiger partial charge in [0, 0.05) is 31.5 Å². The number of aliphatic hydroxyl groups is 1. The van der Waals surface area contributed by atoms with E-state index in [4.69, 9.17) is 0 Å². The van der Waals surface area contributed by atoms with Gasteiger partial charge in [-0.3, -0.25) is 14.4 Å². The van der Waals surface area contributed by atoms with Crippen LogP contribution in [0.3, 0.4) is 0 Å². The van der Waals surface area contributed by atoms with Crippen LogP contribution in [0.15, 0.2) is 42.5 Å². The molecule has 1 fully saturated rings. The highest BCUT2D eigenvalue weighted by molar-refractivity contribution is 5.93. The number of hydrogen-bond donors (Lipinski definition) is 4. The summed E-state index contributed by atoms with van der Waals surface area (Å²) in [6.45, 7) is 9.17. The number of carbonyl (C=O) groups is 3. The van der Waals surface area contributed by atoms with E-state index in [1.165, 1.54) is 0 Å². The maximum absolute atomic E-state index is 13.3. The number of likely N-dealkylation sites (tertiary alicyclic amines) is 1. The number of benzene rings is 2. The van der Waals surface area contributed by atoms with E-state index in [1.54, 1.807) is 4.90 Å². The van der Waals surface area contributed by atoms with Crippen LogP contribution < -0.4 is 16.0 Å². The molecule has 2 aromatic rings. The zero-order valence-corrected chi connectivity index (χ0v) is 23.1. The molecule has 1 aliphatic rings. The summed E-state index contributed by atoms with van der Waals surface area (Å²) in [7, 11) is 0. The lowest BCUT2D eigenvalue weighted by atomic mass is 9.94. The Kier molecular flexibility index (Phi) is 11.3. The van der Waals surface area contributed by atoms with Crippen molar-refractivity contribution in [3.05, 3.63) is 48.0 Å². The van der Waals surface area contributed by atoms with Crippen LogP contribution in [0.2, 0.25) is 0 Å². The summed E-state index contributed by atoms with van der Waals surface area (Å²) in [4.78, 5) is 41.1. The molecule has 0 aromatic heterocycles. The average Bonchev–Trinajstić information content (AvgIpc) is 3.34. The van der Waals surface area contributed by atoms with Crippen molar-refractivity contribution >= 4 is 40.9 Å². The summed E-state index contributed by atoms with van der Waals surface area (Å²) in [5, 5.41) is 21.0. The first-order chi connectivity index (χ1) is 17.1. The monoisotopic (exact) mass is 532 g/mol. The van der Waals surface area contributed by atoms with E-state index in [1.807, 2.05) is 70.2 Å². The van der Waals surface area contributed by atoms with Crippen LogP contribution in [0.5, 0.6) is 0 Å². The zero-order chi connectivity index (χ0) is 26.3. The number of nitrogens with zero attached hydrogens (tertiary/aromatic N) is 1. The number of carbonyl (C=O) groups excluding carboxylic acids is 3. The second-order valence-corrected chi connectivity index (χ2v) is 10.6. The van der Waals surface area contributed by atoms with Gasteiger partial charge in [-0.15, -0.1) is 12.4 Å². The standard InChI is InChI=1S/C28H40N4O4.ClH/c1-5-29-17-22(33)18-30-25(34)23(16-19-12-13-20-9-6-7-10-21(20)15-19)31-26(35)24-11-8-14-32(24)27(36)28(2,3)4;/h6-7,9-10,12-13,15,22-24,29,33H,5,8,11,14,16-18H2,1-4H3,(H,30,34)(H,31,35);1H/t22?,23-,24?;/m1./s1. The Morgan fingerprint density at radius 1 is 1.08 bits per heavy atom. The molecule has 8 nitrogen and oxygen atoms in total. The molecule has 3 rings (SSSR count). The fraction of sp³-hybridized carbons (Fsp3) is 0.536. The quantitative estimate of drug-likeness (QED) is 0.375. The fourth-order valence-corrected chi connectivity index (χ4v) is 4.52. The summed E-state index contributed by atoms with van der Waals surface area (Å²) < 4.78 is 0. The van der Waals surface area contributed by atoms with Gasteiger partial charge >= 0.3 is 0 Å². The Balaban J connectivity index is 0.00000481. The van der Waals surface area contributed by atoms with Crippen LogP contribution in [-0.2, 0) is 20.8 Å². The van der Waals surface area contributed by atoms with Gasteiger partial charge < -0.3 is 26.0 Å². The van der Waals surface area contributed by atoms with Crippen LogP contribution >= 0.6 is 12.4 Å². The molecule has 9 heteroatoms. The first-order valence-corrected chi connectivity index (χ1v) is 12.9. The number of hydrogen-bond acceptors (Lipinski definition) is 5. The number of halogens is 1. The molecular weight excluding hydrogens is 492 g/mol. The Morgan fingerprint density at radius 2 is 1.78 bits per heavy atom. The molecule has 0 aliphatic carbocycles. The highest BCUT2D eigenvalue weighted by Crippen LogP contribution is 2.26. The molecule has 2 aromatic carbocycles. The molecule has 2 unspecified atom stereocenters. The first-order valence-electron chi connectivity index (χ1n) is 12.9. The molecule has 0 bridgehead atoms. The predicted octanol–water partition coefficient (Wildman–Crippen LogP) is 2.41. The molecule has 1 aliphatic heterocycles. The van der Waals surface area contributed by atoms with E-state index in [2.05, 4.69) is 16.0 Å². The third kappa shape index (κ3) is 8.42. The van der Waals surface area contributed by atoms with Crippen LogP contribution in [0.25, 0.3) is 10.8 Å². The van der Waals surface area contributed by atoms with Gasteiger partial charge in [0.05, 0.1) is 6.10 Å². The summed E-state index contributed by atoms with van der Waals surface area (Å²) >= 11 is 0. The molecule has 1 heterocycles. The molecule has 0 saturated carbocycles. The van der Waals surface area contributed by atoms with Crippen molar-refractivity contribution in [2.24, 2.45) is 5.41 Å². The second kappa shape index (κ2) is 13.7. The van der Waals surface area contributed by atoms with Crippen LogP contribution in [0.1, 0.15) is 46.1 Å². The number of amides is 3.